The number of hydrogen-bond donors (Lipinski definition) is 2. The summed E-state index contributed by atoms with van der Waals surface area (Å²) in [4.78, 5) is 11.3. The minimum Gasteiger partial charge on any atom is -0.388 e. The van der Waals surface area contributed by atoms with Crippen LogP contribution < -0.4 is 10.6 Å². The summed E-state index contributed by atoms with van der Waals surface area (Å²) in [5.74, 6) is 0.349. The highest BCUT2D eigenvalue weighted by Crippen LogP contribution is 2.22. The van der Waals surface area contributed by atoms with E-state index in [2.05, 4.69) is 23.8 Å². The monoisotopic (exact) mass is 246 g/mol. The fraction of sp³-hybridized carbons (Fsp3) is 0.400. The Labute approximate surface area is 109 Å². The maximum atomic E-state index is 11.3. The Morgan fingerprint density at radius 2 is 1.94 bits per heavy atom. The molecule has 1 aliphatic rings. The molecule has 0 aliphatic carbocycles. The number of carbonyl (C=O) groups excluding carboxylic acids is 1. The van der Waals surface area contributed by atoms with Crippen LogP contribution in [0.25, 0.3) is 0 Å². The molecule has 0 aromatic rings. The van der Waals surface area contributed by atoms with Gasteiger partial charge in [0.1, 0.15) is 6.29 Å². The molecule has 0 unspecified atom stereocenters. The summed E-state index contributed by atoms with van der Waals surface area (Å²) in [6, 6.07) is 0. The lowest BCUT2D eigenvalue weighted by atomic mass is 9.89. The summed E-state index contributed by atoms with van der Waals surface area (Å²) in [5, 5.41) is 6.35. The van der Waals surface area contributed by atoms with Gasteiger partial charge < -0.3 is 10.6 Å². The average molecular weight is 246 g/mol. The van der Waals surface area contributed by atoms with Crippen molar-refractivity contribution in [2.75, 3.05) is 20.1 Å². The van der Waals surface area contributed by atoms with Gasteiger partial charge in [-0.15, -0.1) is 0 Å². The maximum absolute atomic E-state index is 11.3. The van der Waals surface area contributed by atoms with Gasteiger partial charge >= 0.3 is 0 Å². The lowest BCUT2D eigenvalue weighted by Crippen LogP contribution is -2.29. The quantitative estimate of drug-likeness (QED) is 0.427. The lowest BCUT2D eigenvalue weighted by molar-refractivity contribution is -0.105. The van der Waals surface area contributed by atoms with Crippen LogP contribution in [0.4, 0.5) is 0 Å². The number of piperidine rings is 1. The number of carbonyl (C=O) groups is 1. The van der Waals surface area contributed by atoms with Crippen molar-refractivity contribution in [2.45, 2.75) is 12.8 Å². The van der Waals surface area contributed by atoms with E-state index in [1.165, 1.54) is 0 Å². The normalized spacial score (nSPS) is 18.8. The van der Waals surface area contributed by atoms with Crippen LogP contribution in [0.3, 0.4) is 0 Å². The van der Waals surface area contributed by atoms with Crippen molar-refractivity contribution < 1.29 is 4.79 Å². The Kier molecular flexibility index (Phi) is 6.15. The van der Waals surface area contributed by atoms with E-state index >= 15 is 0 Å². The summed E-state index contributed by atoms with van der Waals surface area (Å²) in [6.07, 6.45) is 8.39. The smallest absolute Gasteiger partial charge is 0.146 e. The van der Waals surface area contributed by atoms with Crippen LogP contribution in [-0.2, 0) is 4.79 Å². The molecule has 1 rings (SSSR count). The van der Waals surface area contributed by atoms with Crippen LogP contribution in [0.5, 0.6) is 0 Å². The Bertz CT molecular complexity index is 374. The van der Waals surface area contributed by atoms with Crippen LogP contribution in [0, 0.1) is 5.92 Å². The van der Waals surface area contributed by atoms with E-state index in [9.17, 15) is 4.79 Å². The molecule has 0 radical (unpaired) electrons. The van der Waals surface area contributed by atoms with Crippen molar-refractivity contribution in [2.24, 2.45) is 5.92 Å². The molecule has 0 bridgehead atoms. The highest BCUT2D eigenvalue weighted by Gasteiger charge is 2.17. The van der Waals surface area contributed by atoms with Gasteiger partial charge in [0.15, 0.2) is 0 Å². The van der Waals surface area contributed by atoms with Gasteiger partial charge in [0.25, 0.3) is 0 Å². The van der Waals surface area contributed by atoms with Crippen molar-refractivity contribution in [3.8, 4) is 0 Å². The zero-order valence-electron chi connectivity index (χ0n) is 11.0. The largest absolute Gasteiger partial charge is 0.388 e. The van der Waals surface area contributed by atoms with E-state index in [0.29, 0.717) is 5.92 Å². The van der Waals surface area contributed by atoms with Gasteiger partial charge in [-0.25, -0.2) is 0 Å². The third-order valence-corrected chi connectivity index (χ3v) is 3.27. The molecule has 0 saturated carbocycles. The standard InChI is InChI=1S/C15H22N2O/c1-4-12(15(5-2)16-3)10-14(11-18)13-6-8-17-9-7-13/h4-5,10-11,13,16-17H,1-2,6-9H2,3H3/b14-10+,15-12-. The van der Waals surface area contributed by atoms with Crippen molar-refractivity contribution in [1.29, 1.82) is 0 Å². The van der Waals surface area contributed by atoms with Crippen LogP contribution in [0.15, 0.2) is 48.2 Å². The molecule has 3 nitrogen and oxygen atoms in total. The summed E-state index contributed by atoms with van der Waals surface area (Å²) in [5.41, 5.74) is 2.65. The predicted molar refractivity (Wildman–Crippen MR) is 76.2 cm³/mol. The van der Waals surface area contributed by atoms with Gasteiger partial charge in [-0.05, 0) is 55.1 Å². The number of allylic oxidation sites excluding steroid dienone is 5. The second-order valence-corrected chi connectivity index (χ2v) is 4.31. The summed E-state index contributed by atoms with van der Waals surface area (Å²) < 4.78 is 0. The van der Waals surface area contributed by atoms with E-state index in [1.807, 2.05) is 13.1 Å². The van der Waals surface area contributed by atoms with Gasteiger partial charge in [-0.2, -0.15) is 0 Å². The molecular formula is C15H22N2O. The summed E-state index contributed by atoms with van der Waals surface area (Å²) in [7, 11) is 1.83. The van der Waals surface area contributed by atoms with Gasteiger partial charge in [-0.1, -0.05) is 19.2 Å². The predicted octanol–water partition coefficient (Wildman–Crippen LogP) is 1.96. The lowest BCUT2D eigenvalue weighted by Gasteiger charge is -2.22. The molecule has 0 amide bonds. The van der Waals surface area contributed by atoms with Crippen molar-refractivity contribution in [1.82, 2.24) is 10.6 Å². The zero-order valence-corrected chi connectivity index (χ0v) is 11.0. The summed E-state index contributed by atoms with van der Waals surface area (Å²) in [6.45, 7) is 9.49. The molecule has 2 N–H and O–H groups in total. The first-order valence-corrected chi connectivity index (χ1v) is 6.31. The minimum absolute atomic E-state index is 0.349. The topological polar surface area (TPSA) is 41.1 Å². The first kappa shape index (κ1) is 14.5. The number of aldehydes is 1. The second-order valence-electron chi connectivity index (χ2n) is 4.31. The summed E-state index contributed by atoms with van der Waals surface area (Å²) >= 11 is 0. The van der Waals surface area contributed by atoms with E-state index in [1.54, 1.807) is 12.2 Å². The molecule has 3 heteroatoms. The Morgan fingerprint density at radius 3 is 2.39 bits per heavy atom. The minimum atomic E-state index is 0.349. The van der Waals surface area contributed by atoms with Gasteiger partial charge in [0.2, 0.25) is 0 Å². The highest BCUT2D eigenvalue weighted by molar-refractivity contribution is 5.75. The number of likely N-dealkylation sites (N-methyl/N-ethyl adjacent to an activating group) is 1. The molecular weight excluding hydrogens is 224 g/mol. The Morgan fingerprint density at radius 1 is 1.28 bits per heavy atom. The SMILES string of the molecule is C=CC(/C=C(\C=O)C1CCNCC1)=C(\C=C)NC. The fourth-order valence-corrected chi connectivity index (χ4v) is 2.19. The first-order chi connectivity index (χ1) is 8.76. The molecule has 0 aromatic carbocycles. The van der Waals surface area contributed by atoms with Crippen LogP contribution >= 0.6 is 0 Å². The molecule has 0 aromatic heterocycles. The third-order valence-electron chi connectivity index (χ3n) is 3.27. The Balaban J connectivity index is 3.00. The van der Waals surface area contributed by atoms with E-state index in [0.717, 1.165) is 49.1 Å². The Hall–Kier alpha value is -1.61. The molecule has 1 saturated heterocycles. The average Bonchev–Trinajstić information content (AvgIpc) is 2.44. The first-order valence-electron chi connectivity index (χ1n) is 6.31. The van der Waals surface area contributed by atoms with Gasteiger partial charge in [-0.3, -0.25) is 4.79 Å². The number of hydrogen-bond acceptors (Lipinski definition) is 3. The van der Waals surface area contributed by atoms with Crippen molar-refractivity contribution in [3.63, 3.8) is 0 Å². The maximum Gasteiger partial charge on any atom is 0.146 e. The number of rotatable bonds is 6. The van der Waals surface area contributed by atoms with E-state index < -0.39 is 0 Å². The van der Waals surface area contributed by atoms with Crippen molar-refractivity contribution in [3.05, 3.63) is 48.2 Å². The van der Waals surface area contributed by atoms with E-state index in [4.69, 9.17) is 0 Å². The molecule has 0 spiro atoms. The molecule has 1 heterocycles. The van der Waals surface area contributed by atoms with Gasteiger partial charge in [0.05, 0.1) is 0 Å². The zero-order chi connectivity index (χ0) is 13.4. The van der Waals surface area contributed by atoms with Crippen LogP contribution in [0.2, 0.25) is 0 Å². The van der Waals surface area contributed by atoms with E-state index in [-0.39, 0.29) is 0 Å². The second kappa shape index (κ2) is 7.67. The van der Waals surface area contributed by atoms with Gasteiger partial charge in [0, 0.05) is 12.7 Å². The van der Waals surface area contributed by atoms with Crippen molar-refractivity contribution >= 4 is 6.29 Å². The van der Waals surface area contributed by atoms with Crippen LogP contribution in [-0.4, -0.2) is 26.4 Å². The molecule has 98 valence electrons. The molecule has 1 aliphatic heterocycles. The third kappa shape index (κ3) is 3.70. The van der Waals surface area contributed by atoms with Crippen LogP contribution in [0.1, 0.15) is 12.8 Å². The molecule has 1 fully saturated rings. The number of nitrogens with one attached hydrogen (secondary N) is 2. The fourth-order valence-electron chi connectivity index (χ4n) is 2.19. The molecule has 18 heavy (non-hydrogen) atoms. The molecule has 0 atom stereocenters. The highest BCUT2D eigenvalue weighted by atomic mass is 16.1.